The molecule has 0 bridgehead atoms. The Hall–Kier alpha value is -3.27. The SMILES string of the molecule is Cc1ccc(C)c(C(=O)c2ccccc2C(=O)Nc2cccnc2)c1. The molecule has 124 valence electrons. The second-order valence-electron chi connectivity index (χ2n) is 5.89. The summed E-state index contributed by atoms with van der Waals surface area (Å²) < 4.78 is 0. The van der Waals surface area contributed by atoms with E-state index in [4.69, 9.17) is 0 Å². The molecule has 3 aromatic rings. The zero-order valence-corrected chi connectivity index (χ0v) is 14.1. The monoisotopic (exact) mass is 330 g/mol. The molecule has 0 radical (unpaired) electrons. The topological polar surface area (TPSA) is 59.1 Å². The average molecular weight is 330 g/mol. The summed E-state index contributed by atoms with van der Waals surface area (Å²) in [7, 11) is 0. The molecule has 1 heterocycles. The summed E-state index contributed by atoms with van der Waals surface area (Å²) in [6.45, 7) is 3.84. The van der Waals surface area contributed by atoms with Crippen LogP contribution in [0.2, 0.25) is 0 Å². The maximum absolute atomic E-state index is 13.0. The van der Waals surface area contributed by atoms with E-state index in [1.165, 1.54) is 0 Å². The van der Waals surface area contributed by atoms with Crippen LogP contribution < -0.4 is 5.32 Å². The summed E-state index contributed by atoms with van der Waals surface area (Å²) in [5.74, 6) is -0.486. The smallest absolute Gasteiger partial charge is 0.256 e. The van der Waals surface area contributed by atoms with Gasteiger partial charge in [0.05, 0.1) is 17.4 Å². The number of carbonyl (C=O) groups is 2. The minimum absolute atomic E-state index is 0.155. The Balaban J connectivity index is 1.97. The maximum atomic E-state index is 13.0. The first-order valence-electron chi connectivity index (χ1n) is 7.98. The maximum Gasteiger partial charge on any atom is 0.256 e. The van der Waals surface area contributed by atoms with Gasteiger partial charge in [-0.1, -0.05) is 35.9 Å². The third-order valence-electron chi connectivity index (χ3n) is 3.97. The molecule has 0 saturated carbocycles. The summed E-state index contributed by atoms with van der Waals surface area (Å²) in [6.07, 6.45) is 3.20. The van der Waals surface area contributed by atoms with Gasteiger partial charge in [-0.05, 0) is 43.7 Å². The fourth-order valence-electron chi connectivity index (χ4n) is 2.64. The number of aromatic nitrogens is 1. The van der Waals surface area contributed by atoms with Crippen LogP contribution in [0.3, 0.4) is 0 Å². The largest absolute Gasteiger partial charge is 0.321 e. The van der Waals surface area contributed by atoms with Crippen LogP contribution in [-0.2, 0) is 0 Å². The molecule has 0 spiro atoms. The first-order valence-corrected chi connectivity index (χ1v) is 7.98. The number of hydrogen-bond acceptors (Lipinski definition) is 3. The zero-order chi connectivity index (χ0) is 17.8. The molecular formula is C21H18N2O2. The lowest BCUT2D eigenvalue weighted by molar-refractivity contribution is 0.0996. The highest BCUT2D eigenvalue weighted by Crippen LogP contribution is 2.20. The molecule has 0 saturated heterocycles. The minimum atomic E-state index is -0.331. The van der Waals surface area contributed by atoms with E-state index >= 15 is 0 Å². The Morgan fingerprint density at radius 2 is 1.64 bits per heavy atom. The Bertz CT molecular complexity index is 934. The molecule has 1 amide bonds. The van der Waals surface area contributed by atoms with E-state index in [1.54, 1.807) is 48.8 Å². The number of hydrogen-bond donors (Lipinski definition) is 1. The molecule has 4 nitrogen and oxygen atoms in total. The van der Waals surface area contributed by atoms with E-state index in [1.807, 2.05) is 32.0 Å². The predicted molar refractivity (Wildman–Crippen MR) is 98.0 cm³/mol. The van der Waals surface area contributed by atoms with Crippen molar-refractivity contribution in [3.05, 3.63) is 94.8 Å². The molecule has 0 aliphatic carbocycles. The van der Waals surface area contributed by atoms with Crippen molar-refractivity contribution < 1.29 is 9.59 Å². The van der Waals surface area contributed by atoms with Crippen molar-refractivity contribution in [2.24, 2.45) is 0 Å². The van der Waals surface area contributed by atoms with Gasteiger partial charge in [-0.3, -0.25) is 14.6 Å². The lowest BCUT2D eigenvalue weighted by atomic mass is 9.94. The van der Waals surface area contributed by atoms with E-state index in [2.05, 4.69) is 10.3 Å². The number of benzene rings is 2. The quantitative estimate of drug-likeness (QED) is 0.730. The van der Waals surface area contributed by atoms with Crippen LogP contribution in [0.25, 0.3) is 0 Å². The molecule has 1 N–H and O–H groups in total. The Morgan fingerprint density at radius 3 is 2.36 bits per heavy atom. The zero-order valence-electron chi connectivity index (χ0n) is 14.1. The summed E-state index contributed by atoms with van der Waals surface area (Å²) in [4.78, 5) is 29.6. The van der Waals surface area contributed by atoms with Crippen molar-refractivity contribution in [1.82, 2.24) is 4.98 Å². The predicted octanol–water partition coefficient (Wildman–Crippen LogP) is 4.18. The van der Waals surface area contributed by atoms with Gasteiger partial charge in [0.2, 0.25) is 0 Å². The fourth-order valence-corrected chi connectivity index (χ4v) is 2.64. The van der Waals surface area contributed by atoms with Crippen molar-refractivity contribution in [2.75, 3.05) is 5.32 Å². The van der Waals surface area contributed by atoms with Crippen LogP contribution in [0.5, 0.6) is 0 Å². The number of amides is 1. The number of nitrogens with zero attached hydrogens (tertiary/aromatic N) is 1. The normalized spacial score (nSPS) is 10.3. The first kappa shape index (κ1) is 16.6. The number of nitrogens with one attached hydrogen (secondary N) is 1. The molecular weight excluding hydrogens is 312 g/mol. The summed E-state index contributed by atoms with van der Waals surface area (Å²) >= 11 is 0. The van der Waals surface area contributed by atoms with Crippen molar-refractivity contribution in [1.29, 1.82) is 0 Å². The third-order valence-corrected chi connectivity index (χ3v) is 3.97. The Morgan fingerprint density at radius 1 is 0.880 bits per heavy atom. The third kappa shape index (κ3) is 3.63. The molecule has 0 aliphatic rings. The van der Waals surface area contributed by atoms with Gasteiger partial charge in [0.25, 0.3) is 5.91 Å². The molecule has 0 aliphatic heterocycles. The lowest BCUT2D eigenvalue weighted by Crippen LogP contribution is -2.17. The number of pyridine rings is 1. The van der Waals surface area contributed by atoms with Gasteiger partial charge < -0.3 is 5.32 Å². The van der Waals surface area contributed by atoms with Crippen molar-refractivity contribution in [3.8, 4) is 0 Å². The van der Waals surface area contributed by atoms with E-state index < -0.39 is 0 Å². The van der Waals surface area contributed by atoms with Crippen LogP contribution >= 0.6 is 0 Å². The van der Waals surface area contributed by atoms with Crippen LogP contribution in [-0.4, -0.2) is 16.7 Å². The van der Waals surface area contributed by atoms with E-state index in [-0.39, 0.29) is 11.7 Å². The molecule has 2 aromatic carbocycles. The lowest BCUT2D eigenvalue weighted by Gasteiger charge is -2.11. The highest BCUT2D eigenvalue weighted by Gasteiger charge is 2.19. The summed E-state index contributed by atoms with van der Waals surface area (Å²) in [6, 6.07) is 16.1. The second kappa shape index (κ2) is 7.09. The van der Waals surface area contributed by atoms with Gasteiger partial charge in [-0.2, -0.15) is 0 Å². The number of aryl methyl sites for hydroxylation is 2. The average Bonchev–Trinajstić information content (AvgIpc) is 2.64. The van der Waals surface area contributed by atoms with Gasteiger partial charge in [-0.15, -0.1) is 0 Å². The Labute approximate surface area is 146 Å². The van der Waals surface area contributed by atoms with Crippen molar-refractivity contribution in [2.45, 2.75) is 13.8 Å². The molecule has 25 heavy (non-hydrogen) atoms. The molecule has 4 heteroatoms. The molecule has 0 unspecified atom stereocenters. The number of ketones is 1. The Kier molecular flexibility index (Phi) is 4.70. The first-order chi connectivity index (χ1) is 12.1. The van der Waals surface area contributed by atoms with Crippen molar-refractivity contribution >= 4 is 17.4 Å². The van der Waals surface area contributed by atoms with Crippen LogP contribution in [0.4, 0.5) is 5.69 Å². The number of rotatable bonds is 4. The van der Waals surface area contributed by atoms with Gasteiger partial charge in [0.1, 0.15) is 0 Å². The van der Waals surface area contributed by atoms with Gasteiger partial charge in [-0.25, -0.2) is 0 Å². The van der Waals surface area contributed by atoms with Gasteiger partial charge in [0, 0.05) is 17.3 Å². The summed E-state index contributed by atoms with van der Waals surface area (Å²) in [5, 5.41) is 2.78. The molecule has 3 rings (SSSR count). The number of carbonyl (C=O) groups excluding carboxylic acids is 2. The summed E-state index contributed by atoms with van der Waals surface area (Å²) in [5.41, 5.74) is 3.82. The van der Waals surface area contributed by atoms with E-state index in [0.717, 1.165) is 11.1 Å². The molecule has 1 aromatic heterocycles. The minimum Gasteiger partial charge on any atom is -0.321 e. The van der Waals surface area contributed by atoms with Crippen LogP contribution in [0.15, 0.2) is 67.0 Å². The van der Waals surface area contributed by atoms with E-state index in [9.17, 15) is 9.59 Å². The molecule has 0 atom stereocenters. The van der Waals surface area contributed by atoms with Crippen LogP contribution in [0.1, 0.15) is 37.4 Å². The highest BCUT2D eigenvalue weighted by atomic mass is 16.2. The van der Waals surface area contributed by atoms with E-state index in [0.29, 0.717) is 22.4 Å². The van der Waals surface area contributed by atoms with Gasteiger partial charge >= 0.3 is 0 Å². The standard InChI is InChI=1S/C21H18N2O2/c1-14-9-10-15(2)19(12-14)20(24)17-7-3-4-8-18(17)21(25)23-16-6-5-11-22-13-16/h3-13H,1-2H3,(H,23,25). The van der Waals surface area contributed by atoms with Crippen LogP contribution in [0, 0.1) is 13.8 Å². The fraction of sp³-hybridized carbons (Fsp3) is 0.0952. The highest BCUT2D eigenvalue weighted by molar-refractivity contribution is 6.18. The molecule has 0 fully saturated rings. The second-order valence-corrected chi connectivity index (χ2v) is 5.89. The van der Waals surface area contributed by atoms with Gasteiger partial charge in [0.15, 0.2) is 5.78 Å². The van der Waals surface area contributed by atoms with Crippen molar-refractivity contribution in [3.63, 3.8) is 0 Å². The number of anilines is 1.